The molecule has 0 amide bonds. The van der Waals surface area contributed by atoms with Crippen LogP contribution in [-0.4, -0.2) is 17.7 Å². The van der Waals surface area contributed by atoms with E-state index in [0.717, 1.165) is 6.54 Å². The van der Waals surface area contributed by atoms with Crippen molar-refractivity contribution in [3.8, 4) is 0 Å². The maximum Gasteiger partial charge on any atom is 0.119 e. The number of nitrogens with two attached hydrogens (primary N) is 1. The molecule has 4 heteroatoms. The Balaban J connectivity index is 2.45. The molecule has 0 atom stereocenters. The third-order valence-electron chi connectivity index (χ3n) is 0.403. The predicted molar refractivity (Wildman–Crippen MR) is 37.0 cm³/mol. The standard InChI is InChI=1S/C3H9IN2O/c4-3-7-6-2-1-5/h6H,1-3,5H2. The van der Waals surface area contributed by atoms with Crippen LogP contribution in [0.15, 0.2) is 0 Å². The zero-order valence-corrected chi connectivity index (χ0v) is 6.14. The Morgan fingerprint density at radius 2 is 2.43 bits per heavy atom. The van der Waals surface area contributed by atoms with Gasteiger partial charge in [-0.1, -0.05) is 22.6 Å². The highest BCUT2D eigenvalue weighted by Gasteiger charge is 1.76. The molecule has 0 fully saturated rings. The maximum atomic E-state index is 5.12. The molecule has 7 heavy (non-hydrogen) atoms. The van der Waals surface area contributed by atoms with Crippen LogP contribution >= 0.6 is 22.6 Å². The van der Waals surface area contributed by atoms with Crippen molar-refractivity contribution in [3.63, 3.8) is 0 Å². The van der Waals surface area contributed by atoms with Crippen LogP contribution in [0.25, 0.3) is 0 Å². The van der Waals surface area contributed by atoms with E-state index < -0.39 is 0 Å². The van der Waals surface area contributed by atoms with Gasteiger partial charge in [0.25, 0.3) is 0 Å². The largest absolute Gasteiger partial charge is 0.329 e. The van der Waals surface area contributed by atoms with Gasteiger partial charge in [-0.3, -0.25) is 4.84 Å². The summed E-state index contributed by atoms with van der Waals surface area (Å²) in [4.78, 5) is 4.73. The van der Waals surface area contributed by atoms with Gasteiger partial charge >= 0.3 is 0 Å². The maximum absolute atomic E-state index is 5.12. The van der Waals surface area contributed by atoms with Gasteiger partial charge in [0.1, 0.15) is 4.61 Å². The highest BCUT2D eigenvalue weighted by molar-refractivity contribution is 14.1. The summed E-state index contributed by atoms with van der Waals surface area (Å²) in [5, 5.41) is 0. The SMILES string of the molecule is NCCNOCI. The molecule has 0 aromatic carbocycles. The number of alkyl halides is 1. The molecule has 0 bridgehead atoms. The molecule has 3 N–H and O–H groups in total. The molecule has 0 aliphatic carbocycles. The van der Waals surface area contributed by atoms with Crippen molar-refractivity contribution in [2.75, 3.05) is 17.7 Å². The topological polar surface area (TPSA) is 47.3 Å². The third kappa shape index (κ3) is 6.61. The Labute approximate surface area is 56.7 Å². The van der Waals surface area contributed by atoms with E-state index in [2.05, 4.69) is 28.1 Å². The van der Waals surface area contributed by atoms with Gasteiger partial charge in [-0.05, 0) is 0 Å². The number of nitrogens with one attached hydrogen (secondary N) is 1. The lowest BCUT2D eigenvalue weighted by Gasteiger charge is -1.96. The first-order chi connectivity index (χ1) is 3.41. The van der Waals surface area contributed by atoms with Gasteiger partial charge in [-0.2, -0.15) is 0 Å². The molecule has 0 aromatic heterocycles. The van der Waals surface area contributed by atoms with Gasteiger partial charge in [0.2, 0.25) is 0 Å². The Bertz CT molecular complexity index is 32.1. The monoisotopic (exact) mass is 216 g/mol. The number of halogens is 1. The average molecular weight is 216 g/mol. The van der Waals surface area contributed by atoms with Crippen molar-refractivity contribution in [1.29, 1.82) is 0 Å². The van der Waals surface area contributed by atoms with Crippen molar-refractivity contribution < 1.29 is 4.84 Å². The second kappa shape index (κ2) is 6.61. The second-order valence-electron chi connectivity index (χ2n) is 0.936. The van der Waals surface area contributed by atoms with E-state index in [1.165, 1.54) is 0 Å². The molecule has 0 radical (unpaired) electrons. The average Bonchev–Trinajstić information content (AvgIpc) is 1.69. The highest BCUT2D eigenvalue weighted by atomic mass is 127. The zero-order valence-electron chi connectivity index (χ0n) is 3.98. The molecule has 0 aliphatic rings. The Hall–Kier alpha value is 0.610. The van der Waals surface area contributed by atoms with Gasteiger partial charge in [-0.15, -0.1) is 0 Å². The lowest BCUT2D eigenvalue weighted by molar-refractivity contribution is 0.0879. The van der Waals surface area contributed by atoms with Crippen molar-refractivity contribution >= 4 is 22.6 Å². The van der Waals surface area contributed by atoms with E-state index in [0.29, 0.717) is 11.2 Å². The van der Waals surface area contributed by atoms with Gasteiger partial charge < -0.3 is 5.73 Å². The second-order valence-corrected chi connectivity index (χ2v) is 1.56. The zero-order chi connectivity index (χ0) is 5.54. The molecule has 44 valence electrons. The molecule has 0 saturated carbocycles. The molecule has 0 unspecified atom stereocenters. The first kappa shape index (κ1) is 7.61. The molecular formula is C3H9IN2O. The van der Waals surface area contributed by atoms with Gasteiger partial charge in [0, 0.05) is 13.1 Å². The third-order valence-corrected chi connectivity index (χ3v) is 0.714. The lowest BCUT2D eigenvalue weighted by Crippen LogP contribution is -2.21. The van der Waals surface area contributed by atoms with Crippen LogP contribution in [0.2, 0.25) is 0 Å². The summed E-state index contributed by atoms with van der Waals surface area (Å²) in [6, 6.07) is 0. The summed E-state index contributed by atoms with van der Waals surface area (Å²) in [6.07, 6.45) is 0. The minimum Gasteiger partial charge on any atom is -0.329 e. The van der Waals surface area contributed by atoms with Gasteiger partial charge in [0.05, 0.1) is 0 Å². The van der Waals surface area contributed by atoms with Crippen LogP contribution < -0.4 is 11.2 Å². The van der Waals surface area contributed by atoms with Crippen molar-refractivity contribution in [2.45, 2.75) is 0 Å². The van der Waals surface area contributed by atoms with E-state index in [4.69, 9.17) is 10.6 Å². The van der Waals surface area contributed by atoms with Crippen molar-refractivity contribution in [3.05, 3.63) is 0 Å². The smallest absolute Gasteiger partial charge is 0.119 e. The lowest BCUT2D eigenvalue weighted by atomic mass is 10.7. The van der Waals surface area contributed by atoms with Crippen molar-refractivity contribution in [1.82, 2.24) is 5.48 Å². The fraction of sp³-hybridized carbons (Fsp3) is 1.00. The van der Waals surface area contributed by atoms with E-state index >= 15 is 0 Å². The van der Waals surface area contributed by atoms with E-state index in [1.807, 2.05) is 0 Å². The van der Waals surface area contributed by atoms with E-state index in [9.17, 15) is 0 Å². The molecule has 0 rings (SSSR count). The summed E-state index contributed by atoms with van der Waals surface area (Å²) >= 11 is 2.10. The van der Waals surface area contributed by atoms with Crippen LogP contribution in [0.5, 0.6) is 0 Å². The summed E-state index contributed by atoms with van der Waals surface area (Å²) < 4.78 is 0.664. The summed E-state index contributed by atoms with van der Waals surface area (Å²) in [5.41, 5.74) is 7.78. The molecule has 0 aromatic rings. The number of hydrogen-bond acceptors (Lipinski definition) is 3. The summed E-state index contributed by atoms with van der Waals surface area (Å²) in [6.45, 7) is 1.35. The number of hydroxylamine groups is 1. The number of hydrogen-bond donors (Lipinski definition) is 2. The van der Waals surface area contributed by atoms with Crippen LogP contribution in [0.1, 0.15) is 0 Å². The van der Waals surface area contributed by atoms with E-state index in [-0.39, 0.29) is 0 Å². The minimum absolute atomic E-state index is 0.622. The molecule has 0 heterocycles. The Kier molecular flexibility index (Phi) is 7.19. The van der Waals surface area contributed by atoms with Crippen LogP contribution in [0, 0.1) is 0 Å². The van der Waals surface area contributed by atoms with Crippen LogP contribution in [0.3, 0.4) is 0 Å². The quantitative estimate of drug-likeness (QED) is 0.297. The summed E-state index contributed by atoms with van der Waals surface area (Å²) in [7, 11) is 0. The molecule has 0 aliphatic heterocycles. The van der Waals surface area contributed by atoms with Crippen LogP contribution in [-0.2, 0) is 4.84 Å². The fourth-order valence-electron chi connectivity index (χ4n) is 0.170. The molecular weight excluding hydrogens is 207 g/mol. The normalized spacial score (nSPS) is 9.43. The predicted octanol–water partition coefficient (Wildman–Crippen LogP) is -0.141. The molecule has 3 nitrogen and oxygen atoms in total. The van der Waals surface area contributed by atoms with E-state index in [1.54, 1.807) is 0 Å². The molecule has 0 saturated heterocycles. The van der Waals surface area contributed by atoms with Gasteiger partial charge in [-0.25, -0.2) is 5.48 Å². The first-order valence-corrected chi connectivity index (χ1v) is 3.55. The van der Waals surface area contributed by atoms with Crippen LogP contribution in [0.4, 0.5) is 0 Å². The number of rotatable bonds is 4. The Morgan fingerprint density at radius 1 is 1.71 bits per heavy atom. The first-order valence-electron chi connectivity index (χ1n) is 2.02. The molecule has 0 spiro atoms. The minimum atomic E-state index is 0.622. The van der Waals surface area contributed by atoms with Crippen molar-refractivity contribution in [2.24, 2.45) is 5.73 Å². The fourth-order valence-corrected chi connectivity index (χ4v) is 0.390. The highest BCUT2D eigenvalue weighted by Crippen LogP contribution is 1.76. The Morgan fingerprint density at radius 3 is 2.86 bits per heavy atom. The van der Waals surface area contributed by atoms with Gasteiger partial charge in [0.15, 0.2) is 0 Å². The summed E-state index contributed by atoms with van der Waals surface area (Å²) in [5.74, 6) is 0.